The molecule has 0 fully saturated rings. The van der Waals surface area contributed by atoms with Crippen LogP contribution in [0.15, 0.2) is 6.07 Å². The second-order valence-electron chi connectivity index (χ2n) is 4.62. The van der Waals surface area contributed by atoms with Gasteiger partial charge in [-0.15, -0.1) is 0 Å². The highest BCUT2D eigenvalue weighted by molar-refractivity contribution is 6.31. The number of carbonyl (C=O) groups is 1. The average Bonchev–Trinajstić information content (AvgIpc) is 2.23. The Morgan fingerprint density at radius 2 is 2.06 bits per heavy atom. The third-order valence-electron chi connectivity index (χ3n) is 2.88. The highest BCUT2D eigenvalue weighted by Crippen LogP contribution is 2.36. The predicted octanol–water partition coefficient (Wildman–Crippen LogP) is 3.91. The minimum absolute atomic E-state index is 0.114. The van der Waals surface area contributed by atoms with Crippen LogP contribution in [0.2, 0.25) is 5.02 Å². The fraction of sp³-hybridized carbons (Fsp3) is 0.500. The Hall–Kier alpha value is -1.02. The number of hydrogen-bond donors (Lipinski definition) is 0. The van der Waals surface area contributed by atoms with Gasteiger partial charge in [0, 0.05) is 17.0 Å². The van der Waals surface area contributed by atoms with Crippen LogP contribution in [0, 0.1) is 6.92 Å². The lowest BCUT2D eigenvalue weighted by atomic mass is 9.93. The highest BCUT2D eigenvalue weighted by atomic mass is 35.5. The average molecular weight is 255 g/mol. The van der Waals surface area contributed by atoms with Crippen LogP contribution in [0.25, 0.3) is 0 Å². The van der Waals surface area contributed by atoms with E-state index in [9.17, 15) is 4.79 Å². The molecule has 0 unspecified atom stereocenters. The van der Waals surface area contributed by atoms with E-state index in [4.69, 9.17) is 16.3 Å². The molecule has 0 heterocycles. The molecule has 0 radical (unpaired) electrons. The monoisotopic (exact) mass is 254 g/mol. The van der Waals surface area contributed by atoms with Gasteiger partial charge >= 0.3 is 0 Å². The van der Waals surface area contributed by atoms with Crippen LogP contribution in [0.4, 0.5) is 0 Å². The molecule has 0 atom stereocenters. The zero-order chi connectivity index (χ0) is 13.2. The molecule has 0 aliphatic heterocycles. The fourth-order valence-corrected chi connectivity index (χ4v) is 2.16. The Labute approximate surface area is 108 Å². The summed E-state index contributed by atoms with van der Waals surface area (Å²) in [6.07, 6.45) is 0.370. The maximum atomic E-state index is 11.3. The van der Waals surface area contributed by atoms with Gasteiger partial charge in [0.2, 0.25) is 0 Å². The van der Waals surface area contributed by atoms with Crippen molar-refractivity contribution in [2.24, 2.45) is 0 Å². The van der Waals surface area contributed by atoms with Gasteiger partial charge in [-0.1, -0.05) is 25.4 Å². The van der Waals surface area contributed by atoms with E-state index >= 15 is 0 Å². The SMILES string of the molecule is COc1c(C(C)C)cc(Cl)c(C)c1CC(C)=O. The van der Waals surface area contributed by atoms with E-state index in [1.54, 1.807) is 14.0 Å². The third kappa shape index (κ3) is 3.01. The predicted molar refractivity (Wildman–Crippen MR) is 71.2 cm³/mol. The summed E-state index contributed by atoms with van der Waals surface area (Å²) in [7, 11) is 1.64. The molecule has 17 heavy (non-hydrogen) atoms. The Bertz CT molecular complexity index is 436. The number of halogens is 1. The second kappa shape index (κ2) is 5.54. The van der Waals surface area contributed by atoms with Gasteiger partial charge in [-0.25, -0.2) is 0 Å². The molecule has 0 aliphatic carbocycles. The first-order valence-electron chi connectivity index (χ1n) is 5.73. The van der Waals surface area contributed by atoms with E-state index in [2.05, 4.69) is 13.8 Å². The van der Waals surface area contributed by atoms with Crippen LogP contribution in [-0.4, -0.2) is 12.9 Å². The van der Waals surface area contributed by atoms with Gasteiger partial charge in [-0.3, -0.25) is 4.79 Å². The number of ketones is 1. The Morgan fingerprint density at radius 3 is 2.47 bits per heavy atom. The summed E-state index contributed by atoms with van der Waals surface area (Å²) in [4.78, 5) is 11.3. The van der Waals surface area contributed by atoms with E-state index < -0.39 is 0 Å². The highest BCUT2D eigenvalue weighted by Gasteiger charge is 2.18. The molecule has 1 aromatic rings. The van der Waals surface area contributed by atoms with Crippen molar-refractivity contribution in [3.05, 3.63) is 27.8 Å². The standard InChI is InChI=1S/C14H19ClO2/c1-8(2)11-7-13(15)10(4)12(6-9(3)16)14(11)17-5/h7-8H,6H2,1-5H3. The van der Waals surface area contributed by atoms with Gasteiger partial charge < -0.3 is 4.74 Å². The summed E-state index contributed by atoms with van der Waals surface area (Å²) >= 11 is 6.21. The largest absolute Gasteiger partial charge is 0.496 e. The number of hydrogen-bond acceptors (Lipinski definition) is 2. The van der Waals surface area contributed by atoms with Crippen molar-refractivity contribution in [3.8, 4) is 5.75 Å². The molecule has 0 N–H and O–H groups in total. The second-order valence-corrected chi connectivity index (χ2v) is 5.03. The lowest BCUT2D eigenvalue weighted by Crippen LogP contribution is -2.06. The molecule has 0 spiro atoms. The van der Waals surface area contributed by atoms with E-state index in [0.717, 1.165) is 22.4 Å². The Balaban J connectivity index is 3.47. The van der Waals surface area contributed by atoms with Crippen LogP contribution in [0.3, 0.4) is 0 Å². The van der Waals surface area contributed by atoms with Crippen LogP contribution in [0.1, 0.15) is 43.4 Å². The first kappa shape index (κ1) is 14.0. The third-order valence-corrected chi connectivity index (χ3v) is 3.27. The lowest BCUT2D eigenvalue weighted by Gasteiger charge is -2.19. The van der Waals surface area contributed by atoms with Gasteiger partial charge in [0.05, 0.1) is 7.11 Å². The molecule has 2 nitrogen and oxygen atoms in total. The number of Topliss-reactive ketones (excluding diaryl/α,β-unsaturated/α-hetero) is 1. The minimum atomic E-state index is 0.114. The summed E-state index contributed by atoms with van der Waals surface area (Å²) in [5, 5.41) is 0.700. The van der Waals surface area contributed by atoms with E-state index in [0.29, 0.717) is 17.4 Å². The molecule has 0 saturated heterocycles. The first-order valence-corrected chi connectivity index (χ1v) is 6.11. The van der Waals surface area contributed by atoms with Gasteiger partial charge in [-0.2, -0.15) is 0 Å². The fourth-order valence-electron chi connectivity index (χ4n) is 1.93. The van der Waals surface area contributed by atoms with Crippen molar-refractivity contribution < 1.29 is 9.53 Å². The first-order chi connectivity index (χ1) is 7.88. The Kier molecular flexibility index (Phi) is 4.58. The summed E-state index contributed by atoms with van der Waals surface area (Å²) in [6.45, 7) is 7.67. The molecule has 0 aliphatic rings. The summed E-state index contributed by atoms with van der Waals surface area (Å²) in [5.41, 5.74) is 2.90. The maximum absolute atomic E-state index is 11.3. The summed E-state index contributed by atoms with van der Waals surface area (Å²) < 4.78 is 5.46. The van der Waals surface area contributed by atoms with Gasteiger partial charge in [-0.05, 0) is 37.0 Å². The van der Waals surface area contributed by atoms with Crippen molar-refractivity contribution in [2.75, 3.05) is 7.11 Å². The molecular weight excluding hydrogens is 236 g/mol. The van der Waals surface area contributed by atoms with E-state index in [1.807, 2.05) is 13.0 Å². The van der Waals surface area contributed by atoms with Crippen molar-refractivity contribution in [2.45, 2.75) is 40.0 Å². The molecule has 0 saturated carbocycles. The quantitative estimate of drug-likeness (QED) is 0.814. The zero-order valence-corrected chi connectivity index (χ0v) is 11.8. The normalized spacial score (nSPS) is 10.8. The molecule has 3 heteroatoms. The molecular formula is C14H19ClO2. The number of carbonyl (C=O) groups excluding carboxylic acids is 1. The van der Waals surface area contributed by atoms with Crippen molar-refractivity contribution in [1.82, 2.24) is 0 Å². The summed E-state index contributed by atoms with van der Waals surface area (Å²) in [6, 6.07) is 1.93. The van der Waals surface area contributed by atoms with E-state index in [-0.39, 0.29) is 5.78 Å². The van der Waals surface area contributed by atoms with Crippen LogP contribution in [-0.2, 0) is 11.2 Å². The topological polar surface area (TPSA) is 26.3 Å². The number of methoxy groups -OCH3 is 1. The smallest absolute Gasteiger partial charge is 0.134 e. The molecule has 0 amide bonds. The van der Waals surface area contributed by atoms with Crippen molar-refractivity contribution in [3.63, 3.8) is 0 Å². The van der Waals surface area contributed by atoms with Crippen LogP contribution < -0.4 is 4.74 Å². The van der Waals surface area contributed by atoms with Crippen LogP contribution in [0.5, 0.6) is 5.75 Å². The zero-order valence-electron chi connectivity index (χ0n) is 11.1. The maximum Gasteiger partial charge on any atom is 0.134 e. The van der Waals surface area contributed by atoms with Crippen molar-refractivity contribution >= 4 is 17.4 Å². The molecule has 0 aromatic heterocycles. The molecule has 1 aromatic carbocycles. The Morgan fingerprint density at radius 1 is 1.47 bits per heavy atom. The molecule has 94 valence electrons. The van der Waals surface area contributed by atoms with E-state index in [1.165, 1.54) is 0 Å². The molecule has 0 bridgehead atoms. The van der Waals surface area contributed by atoms with Gasteiger partial charge in [0.1, 0.15) is 11.5 Å². The van der Waals surface area contributed by atoms with Crippen molar-refractivity contribution in [1.29, 1.82) is 0 Å². The van der Waals surface area contributed by atoms with Gasteiger partial charge in [0.15, 0.2) is 0 Å². The number of ether oxygens (including phenoxy) is 1. The lowest BCUT2D eigenvalue weighted by molar-refractivity contribution is -0.116. The number of rotatable bonds is 4. The summed E-state index contributed by atoms with van der Waals surface area (Å²) in [5.74, 6) is 1.23. The minimum Gasteiger partial charge on any atom is -0.496 e. The number of benzene rings is 1. The van der Waals surface area contributed by atoms with Crippen LogP contribution >= 0.6 is 11.6 Å². The molecule has 1 rings (SSSR count). The van der Waals surface area contributed by atoms with Gasteiger partial charge in [0.25, 0.3) is 0 Å².